The molecular weight excluding hydrogens is 334 g/mol. The molecule has 0 unspecified atom stereocenters. The Kier molecular flexibility index (Phi) is 3.29. The summed E-state index contributed by atoms with van der Waals surface area (Å²) in [4.78, 5) is 24.1. The second kappa shape index (κ2) is 5.00. The zero-order valence-corrected chi connectivity index (χ0v) is 13.1. The van der Waals surface area contributed by atoms with Crippen LogP contribution in [0.15, 0.2) is 50.1 Å². The maximum absolute atomic E-state index is 12.6. The van der Waals surface area contributed by atoms with Gasteiger partial charge in [-0.1, -0.05) is 28.1 Å². The van der Waals surface area contributed by atoms with Crippen molar-refractivity contribution in [3.8, 4) is 0 Å². The molecule has 0 aliphatic carbocycles. The predicted octanol–water partition coefficient (Wildman–Crippen LogP) is 3.43. The summed E-state index contributed by atoms with van der Waals surface area (Å²) < 4.78 is 7.43. The minimum absolute atomic E-state index is 0.0952. The molecule has 0 bridgehead atoms. The minimum atomic E-state index is -0.437. The molecule has 0 atom stereocenters. The Morgan fingerprint density at radius 2 is 2.00 bits per heavy atom. The first-order valence-corrected chi connectivity index (χ1v) is 7.17. The Balaban J connectivity index is 2.14. The number of ketones is 1. The van der Waals surface area contributed by atoms with Crippen LogP contribution in [0.5, 0.6) is 0 Å². The van der Waals surface area contributed by atoms with Crippen LogP contribution in [0.3, 0.4) is 0 Å². The Hall–Kier alpha value is -2.14. The van der Waals surface area contributed by atoms with Crippen molar-refractivity contribution in [1.29, 1.82) is 0 Å². The maximum Gasteiger partial charge on any atom is 0.419 e. The van der Waals surface area contributed by atoms with Crippen LogP contribution in [0.25, 0.3) is 11.1 Å². The summed E-state index contributed by atoms with van der Waals surface area (Å²) in [6.45, 7) is 1.89. The van der Waals surface area contributed by atoms with Gasteiger partial charge in [0.25, 0.3) is 0 Å². The fourth-order valence-corrected chi connectivity index (χ4v) is 2.65. The molecule has 1 heterocycles. The molecule has 0 amide bonds. The quantitative estimate of drug-likeness (QED) is 0.668. The molecule has 3 rings (SSSR count). The van der Waals surface area contributed by atoms with Gasteiger partial charge in [0.15, 0.2) is 11.4 Å². The highest BCUT2D eigenvalue weighted by atomic mass is 79.9. The third-order valence-corrected chi connectivity index (χ3v) is 4.43. The van der Waals surface area contributed by atoms with Gasteiger partial charge in [-0.15, -0.1) is 0 Å². The smallest absolute Gasteiger partial charge is 0.408 e. The number of hydrogen-bond donors (Lipinski definition) is 0. The highest BCUT2D eigenvalue weighted by Gasteiger charge is 2.15. The number of fused-ring (bicyclic) bond motifs is 1. The number of carbonyl (C=O) groups is 1. The van der Waals surface area contributed by atoms with Gasteiger partial charge >= 0.3 is 5.76 Å². The van der Waals surface area contributed by atoms with E-state index in [0.717, 1.165) is 10.0 Å². The summed E-state index contributed by atoms with van der Waals surface area (Å²) in [7, 11) is 1.63. The van der Waals surface area contributed by atoms with Crippen molar-refractivity contribution in [2.45, 2.75) is 6.92 Å². The van der Waals surface area contributed by atoms with E-state index >= 15 is 0 Å². The third kappa shape index (κ3) is 2.23. The van der Waals surface area contributed by atoms with Crippen LogP contribution in [0, 0.1) is 6.92 Å². The minimum Gasteiger partial charge on any atom is -0.408 e. The molecule has 0 aliphatic rings. The zero-order chi connectivity index (χ0) is 15.1. The maximum atomic E-state index is 12.6. The lowest BCUT2D eigenvalue weighted by atomic mass is 9.99. The van der Waals surface area contributed by atoms with Crippen molar-refractivity contribution in [3.63, 3.8) is 0 Å². The number of nitrogens with zero attached hydrogens (tertiary/aromatic N) is 1. The SMILES string of the molecule is Cc1c(Br)cccc1C(=O)c1ccc2c(c1)oc(=O)n2C. The summed E-state index contributed by atoms with van der Waals surface area (Å²) in [5.41, 5.74) is 3.10. The molecule has 1 aromatic heterocycles. The average molecular weight is 346 g/mol. The van der Waals surface area contributed by atoms with Crippen molar-refractivity contribution in [2.75, 3.05) is 0 Å². The van der Waals surface area contributed by atoms with E-state index in [1.165, 1.54) is 4.57 Å². The van der Waals surface area contributed by atoms with Gasteiger partial charge in [-0.3, -0.25) is 9.36 Å². The number of aryl methyl sites for hydroxylation is 1. The number of oxazole rings is 1. The van der Waals surface area contributed by atoms with E-state index in [2.05, 4.69) is 15.9 Å². The third-order valence-electron chi connectivity index (χ3n) is 3.57. The van der Waals surface area contributed by atoms with Crippen LogP contribution in [0.4, 0.5) is 0 Å². The molecule has 2 aromatic carbocycles. The van der Waals surface area contributed by atoms with E-state index in [4.69, 9.17) is 4.42 Å². The standard InChI is InChI=1S/C16H12BrNO3/c1-9-11(4-3-5-12(9)17)15(19)10-6-7-13-14(8-10)21-16(20)18(13)2/h3-8H,1-2H3. The number of halogens is 1. The predicted molar refractivity (Wildman–Crippen MR) is 83.8 cm³/mol. The highest BCUT2D eigenvalue weighted by Crippen LogP contribution is 2.23. The zero-order valence-electron chi connectivity index (χ0n) is 11.5. The van der Waals surface area contributed by atoms with Gasteiger partial charge in [0.05, 0.1) is 5.52 Å². The van der Waals surface area contributed by atoms with E-state index in [1.807, 2.05) is 19.1 Å². The monoisotopic (exact) mass is 345 g/mol. The Labute approximate surface area is 129 Å². The number of hydrogen-bond acceptors (Lipinski definition) is 3. The number of benzene rings is 2. The van der Waals surface area contributed by atoms with E-state index < -0.39 is 5.76 Å². The van der Waals surface area contributed by atoms with Crippen LogP contribution in [0.2, 0.25) is 0 Å². The number of rotatable bonds is 2. The second-order valence-electron chi connectivity index (χ2n) is 4.85. The lowest BCUT2D eigenvalue weighted by molar-refractivity contribution is 0.103. The topological polar surface area (TPSA) is 52.2 Å². The molecule has 106 valence electrons. The van der Waals surface area contributed by atoms with Crippen molar-refractivity contribution in [1.82, 2.24) is 4.57 Å². The van der Waals surface area contributed by atoms with E-state index in [9.17, 15) is 9.59 Å². The van der Waals surface area contributed by atoms with E-state index in [0.29, 0.717) is 22.2 Å². The first-order chi connectivity index (χ1) is 9.99. The van der Waals surface area contributed by atoms with Crippen molar-refractivity contribution in [2.24, 2.45) is 7.05 Å². The second-order valence-corrected chi connectivity index (χ2v) is 5.71. The van der Waals surface area contributed by atoms with Crippen molar-refractivity contribution in [3.05, 3.63) is 68.1 Å². The molecule has 0 saturated carbocycles. The van der Waals surface area contributed by atoms with E-state index in [1.54, 1.807) is 31.3 Å². The Morgan fingerprint density at radius 3 is 2.76 bits per heavy atom. The summed E-state index contributed by atoms with van der Waals surface area (Å²) in [5.74, 6) is -0.532. The fourth-order valence-electron chi connectivity index (χ4n) is 2.28. The lowest BCUT2D eigenvalue weighted by Crippen LogP contribution is -2.08. The molecular formula is C16H12BrNO3. The van der Waals surface area contributed by atoms with Gasteiger partial charge in [0.1, 0.15) is 0 Å². The molecule has 0 aliphatic heterocycles. The molecule has 3 aromatic rings. The van der Waals surface area contributed by atoms with Crippen molar-refractivity contribution >= 4 is 32.8 Å². The lowest BCUT2D eigenvalue weighted by Gasteiger charge is -2.06. The van der Waals surface area contributed by atoms with Crippen LogP contribution >= 0.6 is 15.9 Å². The van der Waals surface area contributed by atoms with Gasteiger partial charge < -0.3 is 4.42 Å². The van der Waals surface area contributed by atoms with Gasteiger partial charge in [-0.05, 0) is 36.8 Å². The largest absolute Gasteiger partial charge is 0.419 e. The fraction of sp³-hybridized carbons (Fsp3) is 0.125. The van der Waals surface area contributed by atoms with Gasteiger partial charge in [0, 0.05) is 22.6 Å². The van der Waals surface area contributed by atoms with Gasteiger partial charge in [0.2, 0.25) is 0 Å². The molecule has 0 fully saturated rings. The molecule has 0 radical (unpaired) electrons. The van der Waals surface area contributed by atoms with Crippen LogP contribution < -0.4 is 5.76 Å². The normalized spacial score (nSPS) is 11.0. The Bertz CT molecular complexity index is 921. The molecule has 21 heavy (non-hydrogen) atoms. The Morgan fingerprint density at radius 1 is 1.24 bits per heavy atom. The van der Waals surface area contributed by atoms with Crippen LogP contribution in [0.1, 0.15) is 21.5 Å². The first-order valence-electron chi connectivity index (χ1n) is 6.38. The molecule has 0 spiro atoms. The van der Waals surface area contributed by atoms with Crippen molar-refractivity contribution < 1.29 is 9.21 Å². The van der Waals surface area contributed by atoms with E-state index in [-0.39, 0.29) is 5.78 Å². The summed E-state index contributed by atoms with van der Waals surface area (Å²) in [6.07, 6.45) is 0. The summed E-state index contributed by atoms with van der Waals surface area (Å²) >= 11 is 3.42. The average Bonchev–Trinajstić information content (AvgIpc) is 2.76. The number of carbonyl (C=O) groups excluding carboxylic acids is 1. The van der Waals surface area contributed by atoms with Gasteiger partial charge in [-0.25, -0.2) is 4.79 Å². The number of aromatic nitrogens is 1. The van der Waals surface area contributed by atoms with Gasteiger partial charge in [-0.2, -0.15) is 0 Å². The molecule has 4 nitrogen and oxygen atoms in total. The summed E-state index contributed by atoms with van der Waals surface area (Å²) in [5, 5.41) is 0. The molecule has 0 N–H and O–H groups in total. The van der Waals surface area contributed by atoms with Crippen LogP contribution in [-0.4, -0.2) is 10.4 Å². The molecule has 5 heteroatoms. The molecule has 0 saturated heterocycles. The summed E-state index contributed by atoms with van der Waals surface area (Å²) in [6, 6.07) is 10.5. The highest BCUT2D eigenvalue weighted by molar-refractivity contribution is 9.10. The van der Waals surface area contributed by atoms with Crippen LogP contribution in [-0.2, 0) is 7.05 Å². The first kappa shape index (κ1) is 13.8.